The first-order chi connectivity index (χ1) is 13.2. The van der Waals surface area contributed by atoms with Crippen molar-refractivity contribution < 1.29 is 4.74 Å². The lowest BCUT2D eigenvalue weighted by atomic mass is 9.79. The summed E-state index contributed by atoms with van der Waals surface area (Å²) in [7, 11) is 0. The van der Waals surface area contributed by atoms with Crippen molar-refractivity contribution in [3.8, 4) is 16.9 Å². The number of benzene rings is 1. The number of rotatable bonds is 3. The third-order valence-corrected chi connectivity index (χ3v) is 5.47. The fourth-order valence-electron chi connectivity index (χ4n) is 4.41. The molecule has 0 atom stereocenters. The van der Waals surface area contributed by atoms with E-state index in [1.54, 1.807) is 12.4 Å². The lowest BCUT2D eigenvalue weighted by molar-refractivity contribution is -0.162. The van der Waals surface area contributed by atoms with Gasteiger partial charge in [0, 0.05) is 28.9 Å². The van der Waals surface area contributed by atoms with Crippen molar-refractivity contribution in [3.63, 3.8) is 0 Å². The van der Waals surface area contributed by atoms with Crippen LogP contribution in [0.4, 0.5) is 0 Å². The third-order valence-electron chi connectivity index (χ3n) is 5.22. The predicted octanol–water partition coefficient (Wildman–Crippen LogP) is 6.04. The predicted molar refractivity (Wildman–Crippen MR) is 113 cm³/mol. The van der Waals surface area contributed by atoms with Crippen molar-refractivity contribution in [3.05, 3.63) is 65.6 Å². The van der Waals surface area contributed by atoms with E-state index in [0.717, 1.165) is 40.5 Å². The van der Waals surface area contributed by atoms with Gasteiger partial charge in [0.15, 0.2) is 0 Å². The smallest absolute Gasteiger partial charge is 0.0743 e. The normalized spacial score (nSPS) is 18.9. The van der Waals surface area contributed by atoms with Crippen molar-refractivity contribution in [1.82, 2.24) is 14.8 Å². The monoisotopic (exact) mass is 395 g/mol. The number of hydrogen-bond acceptors (Lipinski definition) is 3. The Kier molecular flexibility index (Phi) is 4.80. The molecular formula is C23H26ClN3O. The SMILES string of the molecule is CC1(C)CC(c2cc(-c3ccc(Cl)cc3)n(-c3ccncc3)n2)CC(C)(C)O1. The summed E-state index contributed by atoms with van der Waals surface area (Å²) in [6.07, 6.45) is 5.49. The van der Waals surface area contributed by atoms with Gasteiger partial charge in [-0.1, -0.05) is 23.7 Å². The first kappa shape index (κ1) is 19.2. The maximum Gasteiger partial charge on any atom is 0.0743 e. The molecule has 1 fully saturated rings. The molecule has 0 N–H and O–H groups in total. The zero-order chi connectivity index (χ0) is 19.9. The van der Waals surface area contributed by atoms with E-state index in [1.165, 1.54) is 0 Å². The molecule has 1 aliphatic rings. The minimum absolute atomic E-state index is 0.173. The maximum atomic E-state index is 6.27. The number of nitrogens with zero attached hydrogens (tertiary/aromatic N) is 3. The van der Waals surface area contributed by atoms with Gasteiger partial charge in [-0.25, -0.2) is 4.68 Å². The van der Waals surface area contributed by atoms with Gasteiger partial charge in [-0.05, 0) is 70.9 Å². The third kappa shape index (κ3) is 3.98. The van der Waals surface area contributed by atoms with E-state index in [1.807, 2.05) is 41.1 Å². The average Bonchev–Trinajstić information content (AvgIpc) is 3.06. The maximum absolute atomic E-state index is 6.27. The van der Waals surface area contributed by atoms with Crippen LogP contribution in [0.25, 0.3) is 16.9 Å². The lowest BCUT2D eigenvalue weighted by Crippen LogP contribution is -2.44. The van der Waals surface area contributed by atoms with E-state index in [-0.39, 0.29) is 11.2 Å². The van der Waals surface area contributed by atoms with Crippen LogP contribution < -0.4 is 0 Å². The molecule has 3 aromatic rings. The molecule has 4 nitrogen and oxygen atoms in total. The Balaban J connectivity index is 1.80. The molecule has 0 radical (unpaired) electrons. The summed E-state index contributed by atoms with van der Waals surface area (Å²) >= 11 is 6.10. The minimum atomic E-state index is -0.173. The van der Waals surface area contributed by atoms with E-state index < -0.39 is 0 Å². The molecule has 5 heteroatoms. The Morgan fingerprint density at radius 1 is 0.964 bits per heavy atom. The molecule has 0 spiro atoms. The molecule has 1 aliphatic heterocycles. The lowest BCUT2D eigenvalue weighted by Gasteiger charge is -2.45. The van der Waals surface area contributed by atoms with Crippen LogP contribution in [0.2, 0.25) is 5.02 Å². The van der Waals surface area contributed by atoms with E-state index in [0.29, 0.717) is 5.92 Å². The van der Waals surface area contributed by atoms with Crippen molar-refractivity contribution in [2.45, 2.75) is 57.7 Å². The van der Waals surface area contributed by atoms with E-state index in [4.69, 9.17) is 21.4 Å². The number of halogens is 1. The molecule has 0 saturated carbocycles. The summed E-state index contributed by atoms with van der Waals surface area (Å²) in [6, 6.07) is 14.1. The second-order valence-electron chi connectivity index (χ2n) is 8.81. The van der Waals surface area contributed by atoms with Gasteiger partial charge in [0.05, 0.1) is 28.3 Å². The molecule has 0 bridgehead atoms. The fraction of sp³-hybridized carbons (Fsp3) is 0.391. The largest absolute Gasteiger partial charge is 0.370 e. The highest BCUT2D eigenvalue weighted by Gasteiger charge is 2.40. The minimum Gasteiger partial charge on any atom is -0.370 e. The molecule has 2 aromatic heterocycles. The highest BCUT2D eigenvalue weighted by Crippen LogP contribution is 2.43. The van der Waals surface area contributed by atoms with E-state index in [9.17, 15) is 0 Å². The first-order valence-electron chi connectivity index (χ1n) is 9.69. The first-order valence-corrected chi connectivity index (χ1v) is 10.1. The highest BCUT2D eigenvalue weighted by molar-refractivity contribution is 6.30. The van der Waals surface area contributed by atoms with Crippen LogP contribution in [0, 0.1) is 0 Å². The van der Waals surface area contributed by atoms with Gasteiger partial charge < -0.3 is 4.74 Å². The molecule has 0 amide bonds. The van der Waals surface area contributed by atoms with Gasteiger partial charge in [-0.2, -0.15) is 5.10 Å². The molecule has 0 aliphatic carbocycles. The Labute approximate surface area is 171 Å². The quantitative estimate of drug-likeness (QED) is 0.542. The number of aromatic nitrogens is 3. The molecule has 28 heavy (non-hydrogen) atoms. The summed E-state index contributed by atoms with van der Waals surface area (Å²) in [4.78, 5) is 4.14. The van der Waals surface area contributed by atoms with Crippen molar-refractivity contribution in [2.75, 3.05) is 0 Å². The zero-order valence-corrected chi connectivity index (χ0v) is 17.6. The van der Waals surface area contributed by atoms with Gasteiger partial charge in [0.2, 0.25) is 0 Å². The van der Waals surface area contributed by atoms with Crippen LogP contribution >= 0.6 is 11.6 Å². The Morgan fingerprint density at radius 3 is 2.18 bits per heavy atom. The Hall–Kier alpha value is -2.17. The molecule has 1 aromatic carbocycles. The van der Waals surface area contributed by atoms with Gasteiger partial charge in [-0.15, -0.1) is 0 Å². The van der Waals surface area contributed by atoms with E-state index >= 15 is 0 Å². The Bertz CT molecular complexity index is 945. The Morgan fingerprint density at radius 2 is 1.57 bits per heavy atom. The van der Waals surface area contributed by atoms with Gasteiger partial charge in [-0.3, -0.25) is 4.98 Å². The summed E-state index contributed by atoms with van der Waals surface area (Å²) < 4.78 is 8.28. The van der Waals surface area contributed by atoms with Gasteiger partial charge in [0.1, 0.15) is 0 Å². The second kappa shape index (κ2) is 7.02. The fourth-order valence-corrected chi connectivity index (χ4v) is 4.53. The van der Waals surface area contributed by atoms with Crippen LogP contribution in [-0.2, 0) is 4.74 Å². The van der Waals surface area contributed by atoms with E-state index in [2.05, 4.69) is 38.7 Å². The van der Waals surface area contributed by atoms with Crippen LogP contribution in [0.5, 0.6) is 0 Å². The molecule has 0 unspecified atom stereocenters. The molecular weight excluding hydrogens is 370 g/mol. The summed E-state index contributed by atoms with van der Waals surface area (Å²) in [5.41, 5.74) is 3.90. The zero-order valence-electron chi connectivity index (χ0n) is 16.8. The van der Waals surface area contributed by atoms with Crippen LogP contribution in [-0.4, -0.2) is 26.0 Å². The number of pyridine rings is 1. The molecule has 3 heterocycles. The van der Waals surface area contributed by atoms with Crippen molar-refractivity contribution >= 4 is 11.6 Å². The average molecular weight is 396 g/mol. The van der Waals surface area contributed by atoms with Gasteiger partial charge in [0.25, 0.3) is 0 Å². The molecule has 4 rings (SSSR count). The molecule has 146 valence electrons. The summed E-state index contributed by atoms with van der Waals surface area (Å²) in [6.45, 7) is 8.67. The van der Waals surface area contributed by atoms with Crippen LogP contribution in [0.3, 0.4) is 0 Å². The van der Waals surface area contributed by atoms with Crippen molar-refractivity contribution in [1.29, 1.82) is 0 Å². The highest BCUT2D eigenvalue weighted by atomic mass is 35.5. The molecule has 1 saturated heterocycles. The van der Waals surface area contributed by atoms with Crippen molar-refractivity contribution in [2.24, 2.45) is 0 Å². The van der Waals surface area contributed by atoms with Crippen LogP contribution in [0.1, 0.15) is 52.1 Å². The summed E-state index contributed by atoms with van der Waals surface area (Å²) in [5.74, 6) is 0.341. The number of ether oxygens (including phenoxy) is 1. The second-order valence-corrected chi connectivity index (χ2v) is 9.24. The number of hydrogen-bond donors (Lipinski definition) is 0. The topological polar surface area (TPSA) is 39.9 Å². The van der Waals surface area contributed by atoms with Crippen LogP contribution in [0.15, 0.2) is 54.9 Å². The summed E-state index contributed by atoms with van der Waals surface area (Å²) in [5, 5.41) is 5.76. The standard InChI is InChI=1S/C23H26ClN3O/c1-22(2)14-17(15-23(3,4)28-22)20-13-21(16-5-7-18(24)8-6-16)27(26-20)19-9-11-25-12-10-19/h5-13,17H,14-15H2,1-4H3. The van der Waals surface area contributed by atoms with Gasteiger partial charge >= 0.3 is 0 Å².